The maximum Gasteiger partial charge on any atom is 0.232 e. The second kappa shape index (κ2) is 6.62. The molecule has 2 aromatic rings. The largest absolute Gasteiger partial charge is 0.283 e. The fourth-order valence-electron chi connectivity index (χ4n) is 0.977. The Morgan fingerprint density at radius 2 is 1.83 bits per heavy atom. The van der Waals surface area contributed by atoms with Crippen LogP contribution in [0.1, 0.15) is 17.0 Å². The Morgan fingerprint density at radius 3 is 2.11 bits per heavy atom. The third-order valence-electron chi connectivity index (χ3n) is 2.09. The van der Waals surface area contributed by atoms with Crippen molar-refractivity contribution in [1.82, 2.24) is 15.2 Å². The second-order valence-corrected chi connectivity index (χ2v) is 6.19. The van der Waals surface area contributed by atoms with E-state index >= 15 is 0 Å². The number of H-pyrrole nitrogens is 1. The van der Waals surface area contributed by atoms with Crippen LogP contribution >= 0.6 is 46.4 Å². The first-order valence-electron chi connectivity index (χ1n) is 4.97. The highest BCUT2D eigenvalue weighted by Crippen LogP contribution is 2.37. The highest BCUT2D eigenvalue weighted by molar-refractivity contribution is 6.66. The first kappa shape index (κ1) is 15.6. The van der Waals surface area contributed by atoms with Gasteiger partial charge in [-0.15, -0.1) is 0 Å². The van der Waals surface area contributed by atoms with Crippen LogP contribution < -0.4 is 0 Å². The van der Waals surface area contributed by atoms with Crippen molar-refractivity contribution in [3.8, 4) is 0 Å². The number of nitrogens with one attached hydrogen (secondary N) is 1. The van der Waals surface area contributed by atoms with Gasteiger partial charge in [0.15, 0.2) is 0 Å². The molecule has 0 saturated heterocycles. The Hall–Kier alpha value is -0.480. The first-order valence-corrected chi connectivity index (χ1v) is 6.48. The van der Waals surface area contributed by atoms with Crippen molar-refractivity contribution in [3.05, 3.63) is 46.5 Å². The molecule has 0 radical (unpaired) electrons. The lowest BCUT2D eigenvalue weighted by Gasteiger charge is -2.08. The van der Waals surface area contributed by atoms with E-state index in [1.165, 1.54) is 5.56 Å². The quantitative estimate of drug-likeness (QED) is 0.568. The molecule has 3 nitrogen and oxygen atoms in total. The van der Waals surface area contributed by atoms with E-state index in [-0.39, 0.29) is 0 Å². The molecule has 2 heterocycles. The van der Waals surface area contributed by atoms with Crippen LogP contribution in [0.2, 0.25) is 5.15 Å². The Labute approximate surface area is 125 Å². The van der Waals surface area contributed by atoms with E-state index in [0.717, 1.165) is 5.69 Å². The van der Waals surface area contributed by atoms with E-state index in [9.17, 15) is 0 Å². The number of halogens is 4. The van der Waals surface area contributed by atoms with Crippen LogP contribution in [0.3, 0.4) is 0 Å². The lowest BCUT2D eigenvalue weighted by molar-refractivity contribution is 1.04. The maximum absolute atomic E-state index is 5.56. The van der Waals surface area contributed by atoms with Crippen molar-refractivity contribution in [2.75, 3.05) is 0 Å². The molecule has 0 saturated carbocycles. The normalized spacial score (nSPS) is 10.8. The predicted molar refractivity (Wildman–Crippen MR) is 76.5 cm³/mol. The number of alkyl halides is 3. The van der Waals surface area contributed by atoms with Crippen LogP contribution in [-0.2, 0) is 3.79 Å². The summed E-state index contributed by atoms with van der Waals surface area (Å²) in [7, 11) is 0. The van der Waals surface area contributed by atoms with Gasteiger partial charge >= 0.3 is 0 Å². The van der Waals surface area contributed by atoms with Gasteiger partial charge in [-0.3, -0.25) is 5.10 Å². The highest BCUT2D eigenvalue weighted by atomic mass is 35.6. The lowest BCUT2D eigenvalue weighted by atomic mass is 10.3. The van der Waals surface area contributed by atoms with Crippen molar-refractivity contribution in [1.29, 1.82) is 0 Å². The first-order chi connectivity index (χ1) is 8.30. The van der Waals surface area contributed by atoms with Gasteiger partial charge in [-0.05, 0) is 31.5 Å². The summed E-state index contributed by atoms with van der Waals surface area (Å²) in [4.78, 5) is 3.81. The minimum atomic E-state index is -1.50. The topological polar surface area (TPSA) is 41.6 Å². The summed E-state index contributed by atoms with van der Waals surface area (Å²) in [6.07, 6.45) is 1.81. The molecule has 0 aromatic carbocycles. The number of aromatic nitrogens is 3. The number of nitrogens with zero attached hydrogens (tertiary/aromatic N) is 2. The van der Waals surface area contributed by atoms with Gasteiger partial charge in [0, 0.05) is 5.69 Å². The zero-order chi connectivity index (χ0) is 13.8. The molecule has 98 valence electrons. The average Bonchev–Trinajstić information content (AvgIpc) is 2.63. The minimum absolute atomic E-state index is 0.314. The number of hydrogen-bond donors (Lipinski definition) is 1. The van der Waals surface area contributed by atoms with Gasteiger partial charge < -0.3 is 0 Å². The van der Waals surface area contributed by atoms with E-state index in [4.69, 9.17) is 46.4 Å². The van der Waals surface area contributed by atoms with Crippen LogP contribution in [0.4, 0.5) is 0 Å². The van der Waals surface area contributed by atoms with Crippen LogP contribution in [0, 0.1) is 13.8 Å². The number of aryl methyl sites for hydroxylation is 2. The van der Waals surface area contributed by atoms with Gasteiger partial charge in [-0.25, -0.2) is 4.98 Å². The molecular formula is C11H11Cl4N3. The van der Waals surface area contributed by atoms with E-state index in [0.29, 0.717) is 10.8 Å². The lowest BCUT2D eigenvalue weighted by Crippen LogP contribution is -2.02. The molecule has 18 heavy (non-hydrogen) atoms. The van der Waals surface area contributed by atoms with E-state index in [2.05, 4.69) is 15.2 Å². The fourth-order valence-corrected chi connectivity index (χ4v) is 1.46. The molecule has 2 aromatic heterocycles. The summed E-state index contributed by atoms with van der Waals surface area (Å²) >= 11 is 22.2. The molecular weight excluding hydrogens is 316 g/mol. The van der Waals surface area contributed by atoms with Gasteiger partial charge in [0.25, 0.3) is 0 Å². The number of pyridine rings is 1. The number of rotatable bonds is 0. The van der Waals surface area contributed by atoms with Crippen molar-refractivity contribution < 1.29 is 0 Å². The Kier molecular flexibility index (Phi) is 5.73. The van der Waals surface area contributed by atoms with Crippen LogP contribution in [0.25, 0.3) is 0 Å². The van der Waals surface area contributed by atoms with Gasteiger partial charge in [-0.1, -0.05) is 52.5 Å². The molecule has 0 fully saturated rings. The standard InChI is InChI=1S/C6H3Cl4N.C5H8N2/c7-5-3-1-2-4(11-5)6(8,9)10;1-4-3-6-7-5(4)2/h1-3H;3H,1-2H3,(H,6,7). The Bertz CT molecular complexity index is 488. The molecule has 0 bridgehead atoms. The molecule has 0 amide bonds. The molecule has 0 spiro atoms. The van der Waals surface area contributed by atoms with Gasteiger partial charge in [0.1, 0.15) is 5.15 Å². The molecule has 0 aliphatic carbocycles. The molecule has 7 heteroatoms. The molecule has 2 rings (SSSR count). The van der Waals surface area contributed by atoms with Gasteiger partial charge in [0.05, 0.1) is 11.9 Å². The zero-order valence-electron chi connectivity index (χ0n) is 9.72. The van der Waals surface area contributed by atoms with Crippen LogP contribution in [0.15, 0.2) is 24.4 Å². The van der Waals surface area contributed by atoms with Crippen molar-refractivity contribution in [2.45, 2.75) is 17.6 Å². The summed E-state index contributed by atoms with van der Waals surface area (Å²) in [6.45, 7) is 4.03. The van der Waals surface area contributed by atoms with Crippen LogP contribution in [0.5, 0.6) is 0 Å². The van der Waals surface area contributed by atoms with Crippen molar-refractivity contribution in [3.63, 3.8) is 0 Å². The van der Waals surface area contributed by atoms with E-state index in [1.807, 2.05) is 20.0 Å². The predicted octanol–water partition coefficient (Wildman–Crippen LogP) is 4.59. The summed E-state index contributed by atoms with van der Waals surface area (Å²) in [5.74, 6) is 0. The fraction of sp³-hybridized carbons (Fsp3) is 0.273. The Morgan fingerprint density at radius 1 is 1.17 bits per heavy atom. The molecule has 0 atom stereocenters. The summed E-state index contributed by atoms with van der Waals surface area (Å²) in [6, 6.07) is 4.88. The van der Waals surface area contributed by atoms with Gasteiger partial charge in [-0.2, -0.15) is 5.10 Å². The third-order valence-corrected chi connectivity index (χ3v) is 2.88. The van der Waals surface area contributed by atoms with E-state index in [1.54, 1.807) is 18.2 Å². The van der Waals surface area contributed by atoms with Crippen LogP contribution in [-0.4, -0.2) is 15.2 Å². The minimum Gasteiger partial charge on any atom is -0.283 e. The summed E-state index contributed by atoms with van der Waals surface area (Å²) < 4.78 is -1.50. The van der Waals surface area contributed by atoms with Gasteiger partial charge in [0.2, 0.25) is 3.79 Å². The monoisotopic (exact) mass is 325 g/mol. The van der Waals surface area contributed by atoms with Crippen molar-refractivity contribution >= 4 is 46.4 Å². The molecule has 1 N–H and O–H groups in total. The SMILES string of the molecule is Cc1cn[nH]c1C.Clc1cccc(C(Cl)(Cl)Cl)n1. The zero-order valence-corrected chi connectivity index (χ0v) is 12.7. The maximum atomic E-state index is 5.56. The van der Waals surface area contributed by atoms with Crippen molar-refractivity contribution in [2.24, 2.45) is 0 Å². The number of aromatic amines is 1. The molecule has 0 unspecified atom stereocenters. The number of hydrogen-bond acceptors (Lipinski definition) is 2. The van der Waals surface area contributed by atoms with E-state index < -0.39 is 3.79 Å². The molecule has 0 aliphatic rings. The smallest absolute Gasteiger partial charge is 0.232 e. The summed E-state index contributed by atoms with van der Waals surface area (Å²) in [5, 5.41) is 6.93. The third kappa shape index (κ3) is 5.02. The molecule has 0 aliphatic heterocycles. The highest BCUT2D eigenvalue weighted by Gasteiger charge is 2.24. The average molecular weight is 327 g/mol. The summed E-state index contributed by atoms with van der Waals surface area (Å²) in [5.41, 5.74) is 2.70. The second-order valence-electron chi connectivity index (χ2n) is 3.52. The Balaban J connectivity index is 0.000000199.